The zero-order valence-corrected chi connectivity index (χ0v) is 12.5. The summed E-state index contributed by atoms with van der Waals surface area (Å²) in [5.41, 5.74) is 0.876. The topological polar surface area (TPSA) is 58.2 Å². The molecule has 0 saturated heterocycles. The van der Waals surface area contributed by atoms with E-state index in [1.54, 1.807) is 18.2 Å². The Morgan fingerprint density at radius 1 is 1.48 bits per heavy atom. The molecule has 1 aromatic carbocycles. The Morgan fingerprint density at radius 2 is 2.19 bits per heavy atom. The summed E-state index contributed by atoms with van der Waals surface area (Å²) in [6.45, 7) is 2.86. The highest BCUT2D eigenvalue weighted by atomic mass is 79.9. The molecule has 1 atom stereocenters. The van der Waals surface area contributed by atoms with Crippen molar-refractivity contribution in [1.82, 2.24) is 10.6 Å². The van der Waals surface area contributed by atoms with Gasteiger partial charge in [-0.3, -0.25) is 9.59 Å². The van der Waals surface area contributed by atoms with Crippen molar-refractivity contribution in [3.8, 4) is 0 Å². The molecule has 0 aliphatic heterocycles. The molecule has 1 unspecified atom stereocenters. The largest absolute Gasteiger partial charge is 0.344 e. The Morgan fingerprint density at radius 3 is 2.86 bits per heavy atom. The van der Waals surface area contributed by atoms with Gasteiger partial charge in [0.1, 0.15) is 6.04 Å². The summed E-state index contributed by atoms with van der Waals surface area (Å²) < 4.78 is 28.7. The van der Waals surface area contributed by atoms with E-state index in [0.29, 0.717) is 15.6 Å². The molecular weight excluding hydrogens is 346 g/mol. The molecule has 2 amide bonds. The van der Waals surface area contributed by atoms with Gasteiger partial charge in [-0.1, -0.05) is 34.6 Å². The molecule has 4 nitrogen and oxygen atoms in total. The van der Waals surface area contributed by atoms with Crippen LogP contribution in [-0.2, 0) is 16.0 Å². The Kier molecular flexibility index (Phi) is 4.41. The van der Waals surface area contributed by atoms with E-state index in [-0.39, 0.29) is 6.54 Å². The normalized spacial score (nSPS) is 18.7. The molecule has 1 aromatic rings. The van der Waals surface area contributed by atoms with Crippen LogP contribution in [0.4, 0.5) is 8.78 Å². The van der Waals surface area contributed by atoms with Gasteiger partial charge in [-0.05, 0) is 23.3 Å². The van der Waals surface area contributed by atoms with Crippen LogP contribution in [0, 0.1) is 0 Å². The summed E-state index contributed by atoms with van der Waals surface area (Å²) in [6.07, 6.45) is 0.567. The first-order valence-electron chi connectivity index (χ1n) is 6.20. The molecule has 112 valence electrons. The number of amides is 2. The highest BCUT2D eigenvalue weighted by Crippen LogP contribution is 2.45. The molecule has 0 heterocycles. The fraction of sp³-hybridized carbons (Fsp3) is 0.286. The van der Waals surface area contributed by atoms with Crippen LogP contribution in [0.1, 0.15) is 17.2 Å². The highest BCUT2D eigenvalue weighted by Gasteiger charge is 2.48. The van der Waals surface area contributed by atoms with E-state index in [9.17, 15) is 18.4 Å². The lowest BCUT2D eigenvalue weighted by atomic mass is 10.1. The van der Waals surface area contributed by atoms with Crippen molar-refractivity contribution >= 4 is 27.7 Å². The minimum absolute atomic E-state index is 0.374. The smallest absolute Gasteiger partial charge is 0.276 e. The van der Waals surface area contributed by atoms with Crippen LogP contribution in [0.5, 0.6) is 0 Å². The summed E-state index contributed by atoms with van der Waals surface area (Å²) >= 11 is 3.24. The fourth-order valence-electron chi connectivity index (χ4n) is 2.23. The lowest BCUT2D eigenvalue weighted by Gasteiger charge is -2.21. The third-order valence-corrected chi connectivity index (χ3v) is 3.96. The number of alkyl halides is 2. The Bertz CT molecular complexity index is 605. The first kappa shape index (κ1) is 15.6. The van der Waals surface area contributed by atoms with Gasteiger partial charge in [-0.25, -0.2) is 8.78 Å². The first-order valence-corrected chi connectivity index (χ1v) is 6.99. The Labute approximate surface area is 128 Å². The van der Waals surface area contributed by atoms with Crippen LogP contribution >= 0.6 is 15.9 Å². The molecule has 0 fully saturated rings. The van der Waals surface area contributed by atoms with Gasteiger partial charge >= 0.3 is 0 Å². The number of carbonyl (C=O) groups excluding carboxylic acids is 2. The van der Waals surface area contributed by atoms with E-state index < -0.39 is 30.2 Å². The number of rotatable bonds is 4. The van der Waals surface area contributed by atoms with Crippen molar-refractivity contribution in [2.45, 2.75) is 18.4 Å². The predicted octanol–water partition coefficient (Wildman–Crippen LogP) is 2.10. The average Bonchev–Trinajstić information content (AvgIpc) is 2.69. The van der Waals surface area contributed by atoms with Gasteiger partial charge in [0.15, 0.2) is 0 Å². The second-order valence-electron chi connectivity index (χ2n) is 4.67. The molecule has 1 aliphatic rings. The number of nitrogens with one attached hydrogen (secondary N) is 2. The molecule has 0 spiro atoms. The van der Waals surface area contributed by atoms with Gasteiger partial charge in [0.25, 0.3) is 5.92 Å². The molecule has 0 aromatic heterocycles. The minimum Gasteiger partial charge on any atom is -0.344 e. The van der Waals surface area contributed by atoms with Gasteiger partial charge in [0, 0.05) is 10.9 Å². The summed E-state index contributed by atoms with van der Waals surface area (Å²) in [6, 6.07) is 3.50. The molecule has 7 heteroatoms. The maximum absolute atomic E-state index is 14.1. The van der Waals surface area contributed by atoms with Crippen molar-refractivity contribution in [2.24, 2.45) is 0 Å². The zero-order chi connectivity index (χ0) is 15.6. The number of benzene rings is 1. The third-order valence-electron chi connectivity index (χ3n) is 3.21. The van der Waals surface area contributed by atoms with Crippen LogP contribution < -0.4 is 10.6 Å². The second-order valence-corrected chi connectivity index (χ2v) is 5.52. The minimum atomic E-state index is -3.07. The molecule has 2 rings (SSSR count). The van der Waals surface area contributed by atoms with E-state index in [0.717, 1.165) is 6.08 Å². The summed E-state index contributed by atoms with van der Waals surface area (Å²) in [5.74, 6) is -4.28. The number of hydrogen-bond acceptors (Lipinski definition) is 2. The van der Waals surface area contributed by atoms with Crippen molar-refractivity contribution < 1.29 is 18.4 Å². The molecular formula is C14H13BrF2N2O2. The number of fused-ring (bicyclic) bond motifs is 1. The van der Waals surface area contributed by atoms with Crippen LogP contribution in [0.3, 0.4) is 0 Å². The summed E-state index contributed by atoms with van der Waals surface area (Å²) in [7, 11) is 0. The van der Waals surface area contributed by atoms with Gasteiger partial charge in [0.05, 0.1) is 6.54 Å². The average molecular weight is 359 g/mol. The zero-order valence-electron chi connectivity index (χ0n) is 11.0. The molecule has 0 bridgehead atoms. The third kappa shape index (κ3) is 3.29. The monoisotopic (exact) mass is 358 g/mol. The fourth-order valence-corrected chi connectivity index (χ4v) is 2.75. The Hall–Kier alpha value is -1.76. The molecule has 1 aliphatic carbocycles. The van der Waals surface area contributed by atoms with Gasteiger partial charge in [0.2, 0.25) is 11.8 Å². The van der Waals surface area contributed by atoms with Crippen LogP contribution in [0.25, 0.3) is 0 Å². The second kappa shape index (κ2) is 5.93. The lowest BCUT2D eigenvalue weighted by Crippen LogP contribution is -2.42. The van der Waals surface area contributed by atoms with Gasteiger partial charge in [-0.15, -0.1) is 0 Å². The van der Waals surface area contributed by atoms with E-state index >= 15 is 0 Å². The predicted molar refractivity (Wildman–Crippen MR) is 76.9 cm³/mol. The summed E-state index contributed by atoms with van der Waals surface area (Å²) in [5, 5.41) is 4.52. The maximum atomic E-state index is 14.1. The van der Waals surface area contributed by atoms with Crippen molar-refractivity contribution in [1.29, 1.82) is 0 Å². The van der Waals surface area contributed by atoms with E-state index in [2.05, 4.69) is 33.1 Å². The van der Waals surface area contributed by atoms with Gasteiger partial charge < -0.3 is 10.6 Å². The van der Waals surface area contributed by atoms with E-state index in [1.165, 1.54) is 0 Å². The van der Waals surface area contributed by atoms with Crippen LogP contribution in [0.2, 0.25) is 0 Å². The maximum Gasteiger partial charge on any atom is 0.276 e. The van der Waals surface area contributed by atoms with Crippen molar-refractivity contribution in [2.75, 3.05) is 6.54 Å². The lowest BCUT2D eigenvalue weighted by molar-refractivity contribution is -0.127. The van der Waals surface area contributed by atoms with Crippen LogP contribution in [0.15, 0.2) is 35.3 Å². The molecule has 2 N–H and O–H groups in total. The highest BCUT2D eigenvalue weighted by molar-refractivity contribution is 9.10. The van der Waals surface area contributed by atoms with Crippen molar-refractivity contribution in [3.63, 3.8) is 0 Å². The quantitative estimate of drug-likeness (QED) is 0.809. The van der Waals surface area contributed by atoms with Crippen molar-refractivity contribution in [3.05, 3.63) is 46.5 Å². The number of carbonyl (C=O) groups is 2. The van der Waals surface area contributed by atoms with Crippen LogP contribution in [-0.4, -0.2) is 24.3 Å². The number of halogens is 3. The SMILES string of the molecule is C=CC(=O)NCC(=O)NC1c2cccc(Br)c2CC1(F)F. The number of hydrogen-bond donors (Lipinski definition) is 2. The van der Waals surface area contributed by atoms with Gasteiger partial charge in [-0.2, -0.15) is 0 Å². The first-order chi connectivity index (χ1) is 9.85. The molecule has 21 heavy (non-hydrogen) atoms. The van der Waals surface area contributed by atoms with E-state index in [1.807, 2.05) is 0 Å². The standard InChI is InChI=1S/C14H13BrF2N2O2/c1-2-11(20)18-7-12(21)19-13-8-4-3-5-10(15)9(8)6-14(13,16)17/h2-5,13H,1,6-7H2,(H,18,20)(H,19,21). The Balaban J connectivity index is 2.13. The van der Waals surface area contributed by atoms with E-state index in [4.69, 9.17) is 0 Å². The summed E-state index contributed by atoms with van der Waals surface area (Å²) in [4.78, 5) is 22.7. The molecule has 0 radical (unpaired) electrons. The molecule has 0 saturated carbocycles.